The fourth-order valence-corrected chi connectivity index (χ4v) is 6.16. The van der Waals surface area contributed by atoms with Crippen molar-refractivity contribution in [3.63, 3.8) is 0 Å². The van der Waals surface area contributed by atoms with Crippen LogP contribution in [0.15, 0.2) is 18.2 Å². The van der Waals surface area contributed by atoms with Crippen molar-refractivity contribution in [2.75, 3.05) is 56.5 Å². The SMILES string of the molecule is CCC[C@H]1CN(c2nc(N)c(C(=O)NCCO)nc2Cl)CCN1C1CCN(Cc2ccc(Cl)cc2CO)CC1. The summed E-state index contributed by atoms with van der Waals surface area (Å²) in [5.41, 5.74) is 8.08. The molecule has 1 aromatic carbocycles. The van der Waals surface area contributed by atoms with E-state index >= 15 is 0 Å². The lowest BCUT2D eigenvalue weighted by molar-refractivity contribution is 0.0588. The van der Waals surface area contributed by atoms with Crippen LogP contribution in [0.2, 0.25) is 10.2 Å². The van der Waals surface area contributed by atoms with Crippen LogP contribution in [-0.4, -0.2) is 93.8 Å². The fraction of sp³-hybridized carbons (Fsp3) is 0.593. The lowest BCUT2D eigenvalue weighted by Crippen LogP contribution is -2.58. The molecule has 12 heteroatoms. The maximum absolute atomic E-state index is 12.3. The molecule has 0 unspecified atom stereocenters. The molecule has 2 aliphatic heterocycles. The number of hydrogen-bond acceptors (Lipinski definition) is 9. The molecule has 0 spiro atoms. The highest BCUT2D eigenvalue weighted by Crippen LogP contribution is 2.30. The Bertz CT molecular complexity index is 1130. The number of carbonyl (C=O) groups excluding carboxylic acids is 1. The Morgan fingerprint density at radius 1 is 1.13 bits per heavy atom. The highest BCUT2D eigenvalue weighted by molar-refractivity contribution is 6.32. The zero-order valence-electron chi connectivity index (χ0n) is 22.5. The van der Waals surface area contributed by atoms with Gasteiger partial charge in [0.2, 0.25) is 0 Å². The minimum atomic E-state index is -0.508. The van der Waals surface area contributed by atoms with Gasteiger partial charge in [0.25, 0.3) is 5.91 Å². The van der Waals surface area contributed by atoms with Crippen LogP contribution in [0.1, 0.15) is 54.2 Å². The van der Waals surface area contributed by atoms with Gasteiger partial charge in [0.1, 0.15) is 0 Å². The Kier molecular flexibility index (Phi) is 10.6. The van der Waals surface area contributed by atoms with E-state index in [0.717, 1.165) is 76.1 Å². The van der Waals surface area contributed by atoms with Crippen molar-refractivity contribution in [2.24, 2.45) is 0 Å². The standard InChI is InChI=1S/C27H39Cl2N7O3/c1-2-3-22-16-35(26-24(29)32-23(25(30)33-26)27(39)31-8-13-37)11-12-36(22)21-6-9-34(10-7-21)15-18-4-5-20(28)14-19(18)17-38/h4-5,14,21-22,37-38H,2-3,6-13,15-17H2,1H3,(H2,30,33)(H,31,39)/t22-/m0/s1. The molecule has 1 amide bonds. The summed E-state index contributed by atoms with van der Waals surface area (Å²) >= 11 is 12.6. The predicted octanol–water partition coefficient (Wildman–Crippen LogP) is 2.54. The topological polar surface area (TPSA) is 131 Å². The van der Waals surface area contributed by atoms with Gasteiger partial charge in [0.15, 0.2) is 22.5 Å². The van der Waals surface area contributed by atoms with Crippen molar-refractivity contribution in [3.05, 3.63) is 45.2 Å². The number of carbonyl (C=O) groups is 1. The van der Waals surface area contributed by atoms with Crippen LogP contribution in [-0.2, 0) is 13.2 Å². The third-order valence-corrected chi connectivity index (χ3v) is 8.17. The largest absolute Gasteiger partial charge is 0.395 e. The second kappa shape index (κ2) is 13.9. The molecule has 1 atom stereocenters. The molecule has 39 heavy (non-hydrogen) atoms. The number of aliphatic hydroxyl groups excluding tert-OH is 2. The summed E-state index contributed by atoms with van der Waals surface area (Å²) in [6.45, 7) is 7.34. The monoisotopic (exact) mass is 579 g/mol. The average molecular weight is 581 g/mol. The van der Waals surface area contributed by atoms with Crippen LogP contribution < -0.4 is 16.0 Å². The van der Waals surface area contributed by atoms with Crippen LogP contribution in [0.5, 0.6) is 0 Å². The molecule has 214 valence electrons. The number of amides is 1. The van der Waals surface area contributed by atoms with Crippen LogP contribution in [0.4, 0.5) is 11.6 Å². The first-order valence-electron chi connectivity index (χ1n) is 13.7. The molecular formula is C27H39Cl2N7O3. The van der Waals surface area contributed by atoms with Crippen LogP contribution >= 0.6 is 23.2 Å². The molecular weight excluding hydrogens is 541 g/mol. The van der Waals surface area contributed by atoms with E-state index in [1.165, 1.54) is 0 Å². The van der Waals surface area contributed by atoms with E-state index < -0.39 is 5.91 Å². The highest BCUT2D eigenvalue weighted by atomic mass is 35.5. The number of aromatic nitrogens is 2. The van der Waals surface area contributed by atoms with E-state index in [-0.39, 0.29) is 36.4 Å². The summed E-state index contributed by atoms with van der Waals surface area (Å²) in [5.74, 6) is 0.0222. The number of anilines is 2. The Hall–Kier alpha value is -2.21. The number of piperidine rings is 1. The predicted molar refractivity (Wildman–Crippen MR) is 154 cm³/mol. The molecule has 2 fully saturated rings. The molecule has 0 radical (unpaired) electrons. The van der Waals surface area contributed by atoms with E-state index in [1.807, 2.05) is 18.2 Å². The summed E-state index contributed by atoms with van der Waals surface area (Å²) < 4.78 is 0. The zero-order valence-corrected chi connectivity index (χ0v) is 24.0. The van der Waals surface area contributed by atoms with E-state index in [0.29, 0.717) is 22.9 Å². The lowest BCUT2D eigenvalue weighted by atomic mass is 9.96. The molecule has 2 saturated heterocycles. The van der Waals surface area contributed by atoms with E-state index in [1.54, 1.807) is 0 Å². The van der Waals surface area contributed by atoms with Crippen molar-refractivity contribution >= 4 is 40.7 Å². The van der Waals surface area contributed by atoms with Gasteiger partial charge in [-0.15, -0.1) is 0 Å². The molecule has 4 rings (SSSR count). The Morgan fingerprint density at radius 3 is 2.59 bits per heavy atom. The molecule has 2 aliphatic rings. The Balaban J connectivity index is 1.38. The number of nitrogens with zero attached hydrogens (tertiary/aromatic N) is 5. The van der Waals surface area contributed by atoms with Gasteiger partial charge in [0.05, 0.1) is 13.2 Å². The first-order valence-corrected chi connectivity index (χ1v) is 14.4. The zero-order chi connectivity index (χ0) is 27.9. The summed E-state index contributed by atoms with van der Waals surface area (Å²) in [7, 11) is 0. The number of nitrogens with one attached hydrogen (secondary N) is 1. The fourth-order valence-electron chi connectivity index (χ4n) is 5.72. The number of benzene rings is 1. The first kappa shape index (κ1) is 29.8. The highest BCUT2D eigenvalue weighted by Gasteiger charge is 2.35. The average Bonchev–Trinajstić information content (AvgIpc) is 2.94. The van der Waals surface area contributed by atoms with Gasteiger partial charge in [-0.3, -0.25) is 14.6 Å². The number of likely N-dealkylation sites (tertiary alicyclic amines) is 1. The third-order valence-electron chi connectivity index (χ3n) is 7.68. The number of piperazine rings is 1. The molecule has 5 N–H and O–H groups in total. The maximum atomic E-state index is 12.3. The third kappa shape index (κ3) is 7.31. The smallest absolute Gasteiger partial charge is 0.273 e. The van der Waals surface area contributed by atoms with E-state index in [9.17, 15) is 9.90 Å². The molecule has 10 nitrogen and oxygen atoms in total. The van der Waals surface area contributed by atoms with E-state index in [2.05, 4.69) is 36.9 Å². The number of rotatable bonds is 10. The van der Waals surface area contributed by atoms with Gasteiger partial charge in [-0.1, -0.05) is 42.6 Å². The van der Waals surface area contributed by atoms with Gasteiger partial charge in [-0.05, 0) is 55.6 Å². The van der Waals surface area contributed by atoms with Crippen LogP contribution in [0.3, 0.4) is 0 Å². The quantitative estimate of drug-likeness (QED) is 0.335. The lowest BCUT2D eigenvalue weighted by Gasteiger charge is -2.48. The van der Waals surface area contributed by atoms with Crippen molar-refractivity contribution in [1.82, 2.24) is 25.1 Å². The number of aliphatic hydroxyl groups is 2. The van der Waals surface area contributed by atoms with Crippen molar-refractivity contribution in [3.8, 4) is 0 Å². The molecule has 1 aromatic heterocycles. The normalized spacial score (nSPS) is 19.4. The second-order valence-electron chi connectivity index (χ2n) is 10.3. The number of nitrogen functional groups attached to an aromatic ring is 1. The molecule has 2 aromatic rings. The minimum absolute atomic E-state index is 0.00495. The summed E-state index contributed by atoms with van der Waals surface area (Å²) in [6, 6.07) is 6.62. The number of hydrogen-bond donors (Lipinski definition) is 4. The first-order chi connectivity index (χ1) is 18.8. The van der Waals surface area contributed by atoms with Gasteiger partial charge < -0.3 is 26.2 Å². The molecule has 0 bridgehead atoms. The van der Waals surface area contributed by atoms with Crippen molar-refractivity contribution < 1.29 is 15.0 Å². The molecule has 0 saturated carbocycles. The minimum Gasteiger partial charge on any atom is -0.395 e. The number of halogens is 2. The maximum Gasteiger partial charge on any atom is 0.273 e. The van der Waals surface area contributed by atoms with Gasteiger partial charge in [0, 0.05) is 49.8 Å². The van der Waals surface area contributed by atoms with Gasteiger partial charge >= 0.3 is 0 Å². The van der Waals surface area contributed by atoms with Crippen LogP contribution in [0.25, 0.3) is 0 Å². The summed E-state index contributed by atoms with van der Waals surface area (Å²) in [4.78, 5) is 28.2. The molecule has 0 aliphatic carbocycles. The van der Waals surface area contributed by atoms with Gasteiger partial charge in [-0.2, -0.15) is 0 Å². The number of nitrogens with two attached hydrogens (primary N) is 1. The van der Waals surface area contributed by atoms with E-state index in [4.69, 9.17) is 34.0 Å². The van der Waals surface area contributed by atoms with Crippen LogP contribution in [0, 0.1) is 0 Å². The van der Waals surface area contributed by atoms with Gasteiger partial charge in [-0.25, -0.2) is 9.97 Å². The Labute approximate surface area is 240 Å². The summed E-state index contributed by atoms with van der Waals surface area (Å²) in [5, 5.41) is 22.0. The van der Waals surface area contributed by atoms with Crippen molar-refractivity contribution in [2.45, 2.75) is 57.8 Å². The molecule has 3 heterocycles. The second-order valence-corrected chi connectivity index (χ2v) is 11.1. The Morgan fingerprint density at radius 2 is 1.90 bits per heavy atom. The summed E-state index contributed by atoms with van der Waals surface area (Å²) in [6.07, 6.45) is 4.31. The van der Waals surface area contributed by atoms with Crippen molar-refractivity contribution in [1.29, 1.82) is 0 Å².